The molecular weight excluding hydrogens is 292 g/mol. The second-order valence-electron chi connectivity index (χ2n) is 2.90. The van der Waals surface area contributed by atoms with Gasteiger partial charge < -0.3 is 9.84 Å². The maximum absolute atomic E-state index is 9.75. The number of hydrazone groups is 1. The third-order valence-corrected chi connectivity index (χ3v) is 2.24. The Morgan fingerprint density at radius 1 is 1.59 bits per heavy atom. The van der Waals surface area contributed by atoms with Crippen molar-refractivity contribution in [1.82, 2.24) is 10.9 Å². The van der Waals surface area contributed by atoms with Gasteiger partial charge in [-0.25, -0.2) is 10.9 Å². The van der Waals surface area contributed by atoms with Crippen LogP contribution >= 0.6 is 15.9 Å². The molecule has 1 rings (SSSR count). The molecule has 7 nitrogen and oxygen atoms in total. The van der Waals surface area contributed by atoms with Gasteiger partial charge in [-0.2, -0.15) is 5.10 Å². The van der Waals surface area contributed by atoms with Gasteiger partial charge in [0.15, 0.2) is 11.5 Å². The number of hydroxylamine groups is 1. The lowest BCUT2D eigenvalue weighted by atomic mass is 10.2. The van der Waals surface area contributed by atoms with Crippen LogP contribution in [-0.4, -0.2) is 29.6 Å². The van der Waals surface area contributed by atoms with Gasteiger partial charge in [0.1, 0.15) is 0 Å². The molecule has 17 heavy (non-hydrogen) atoms. The van der Waals surface area contributed by atoms with Crippen LogP contribution in [0.2, 0.25) is 0 Å². The van der Waals surface area contributed by atoms with E-state index in [2.05, 4.69) is 26.5 Å². The number of guanidine groups is 1. The van der Waals surface area contributed by atoms with Gasteiger partial charge in [-0.15, -0.1) is 0 Å². The van der Waals surface area contributed by atoms with E-state index in [4.69, 9.17) is 15.4 Å². The van der Waals surface area contributed by atoms with Crippen molar-refractivity contribution in [3.8, 4) is 11.5 Å². The molecule has 0 radical (unpaired) electrons. The summed E-state index contributed by atoms with van der Waals surface area (Å²) in [6.07, 6.45) is 1.29. The van der Waals surface area contributed by atoms with Crippen LogP contribution in [0.5, 0.6) is 11.5 Å². The number of methoxy groups -OCH3 is 1. The highest BCUT2D eigenvalue weighted by molar-refractivity contribution is 9.10. The second-order valence-corrected chi connectivity index (χ2v) is 3.82. The molecule has 0 aliphatic carbocycles. The highest BCUT2D eigenvalue weighted by Crippen LogP contribution is 2.32. The van der Waals surface area contributed by atoms with Crippen LogP contribution in [0.1, 0.15) is 5.56 Å². The van der Waals surface area contributed by atoms with E-state index in [1.807, 2.05) is 0 Å². The molecule has 0 atom stereocenters. The lowest BCUT2D eigenvalue weighted by Crippen LogP contribution is -2.30. The van der Waals surface area contributed by atoms with Crippen LogP contribution in [0.4, 0.5) is 0 Å². The Bertz CT molecular complexity index is 450. The highest BCUT2D eigenvalue weighted by Gasteiger charge is 2.07. The zero-order valence-corrected chi connectivity index (χ0v) is 10.4. The maximum Gasteiger partial charge on any atom is 0.233 e. The van der Waals surface area contributed by atoms with Crippen molar-refractivity contribution in [3.05, 3.63) is 22.2 Å². The minimum Gasteiger partial charge on any atom is -0.504 e. The summed E-state index contributed by atoms with van der Waals surface area (Å²) in [4.78, 5) is 0. The number of benzene rings is 1. The lowest BCUT2D eigenvalue weighted by molar-refractivity contribution is 0.228. The Kier molecular flexibility index (Phi) is 4.73. The molecule has 0 heterocycles. The van der Waals surface area contributed by atoms with Crippen LogP contribution in [0.25, 0.3) is 0 Å². The standard InChI is InChI=1S/C9H11BrN4O3/c1-17-7-3-6(10)2-5(8(7)15)4-12-13-9(11)14-16/h2-4,15-16H,1H3,(H3,11,13,14)/b12-4+. The van der Waals surface area contributed by atoms with Gasteiger partial charge >= 0.3 is 0 Å². The fraction of sp³-hybridized carbons (Fsp3) is 0.111. The summed E-state index contributed by atoms with van der Waals surface area (Å²) in [6.45, 7) is 0. The Balaban J connectivity index is 2.90. The minimum atomic E-state index is -0.386. The zero-order chi connectivity index (χ0) is 12.8. The molecule has 0 aliphatic heterocycles. The van der Waals surface area contributed by atoms with Crippen LogP contribution in [-0.2, 0) is 0 Å². The molecular formula is C9H11BrN4O3. The van der Waals surface area contributed by atoms with Gasteiger partial charge in [0.25, 0.3) is 0 Å². The first kappa shape index (κ1) is 13.3. The Morgan fingerprint density at radius 2 is 2.29 bits per heavy atom. The number of nitrogens with zero attached hydrogens (tertiary/aromatic N) is 1. The average Bonchev–Trinajstić information content (AvgIpc) is 2.32. The number of halogens is 1. The number of ether oxygens (including phenoxy) is 1. The molecule has 5 N–H and O–H groups in total. The third kappa shape index (κ3) is 3.61. The van der Waals surface area contributed by atoms with E-state index in [-0.39, 0.29) is 11.7 Å². The summed E-state index contributed by atoms with van der Waals surface area (Å²) >= 11 is 3.25. The molecule has 1 aromatic carbocycles. The van der Waals surface area contributed by atoms with Crippen molar-refractivity contribution in [1.29, 1.82) is 5.41 Å². The molecule has 0 amide bonds. The summed E-state index contributed by atoms with van der Waals surface area (Å²) < 4.78 is 5.67. The minimum absolute atomic E-state index is 0.0651. The number of phenolic OH excluding ortho intramolecular Hbond substituents is 1. The molecule has 0 fully saturated rings. The first-order valence-electron chi connectivity index (χ1n) is 4.42. The van der Waals surface area contributed by atoms with Crippen molar-refractivity contribution in [2.45, 2.75) is 0 Å². The number of nitrogens with one attached hydrogen (secondary N) is 3. The Morgan fingerprint density at radius 3 is 2.88 bits per heavy atom. The smallest absolute Gasteiger partial charge is 0.233 e. The molecule has 92 valence electrons. The van der Waals surface area contributed by atoms with Crippen molar-refractivity contribution >= 4 is 28.1 Å². The van der Waals surface area contributed by atoms with Crippen molar-refractivity contribution in [2.24, 2.45) is 5.10 Å². The molecule has 0 bridgehead atoms. The van der Waals surface area contributed by atoms with E-state index >= 15 is 0 Å². The summed E-state index contributed by atoms with van der Waals surface area (Å²) in [5.74, 6) is -0.149. The van der Waals surface area contributed by atoms with Crippen molar-refractivity contribution in [2.75, 3.05) is 7.11 Å². The molecule has 0 unspecified atom stereocenters. The summed E-state index contributed by atoms with van der Waals surface area (Å²) in [7, 11) is 1.44. The predicted octanol–water partition coefficient (Wildman–Crippen LogP) is 1.00. The quantitative estimate of drug-likeness (QED) is 0.325. The van der Waals surface area contributed by atoms with E-state index in [1.54, 1.807) is 17.6 Å². The maximum atomic E-state index is 9.75. The monoisotopic (exact) mass is 302 g/mol. The second kappa shape index (κ2) is 6.06. The molecule has 8 heteroatoms. The first-order chi connectivity index (χ1) is 8.08. The van der Waals surface area contributed by atoms with E-state index in [9.17, 15) is 5.11 Å². The van der Waals surface area contributed by atoms with E-state index in [0.29, 0.717) is 15.8 Å². The van der Waals surface area contributed by atoms with Crippen LogP contribution in [0.3, 0.4) is 0 Å². The number of hydrogen-bond donors (Lipinski definition) is 5. The molecule has 0 saturated heterocycles. The average molecular weight is 303 g/mol. The van der Waals surface area contributed by atoms with Gasteiger partial charge in [-0.1, -0.05) is 15.9 Å². The van der Waals surface area contributed by atoms with E-state index < -0.39 is 0 Å². The number of hydrogen-bond acceptors (Lipinski definition) is 5. The number of aromatic hydroxyl groups is 1. The molecule has 0 spiro atoms. The van der Waals surface area contributed by atoms with Gasteiger partial charge in [0.2, 0.25) is 5.96 Å². The summed E-state index contributed by atoms with van der Waals surface area (Å²) in [6, 6.07) is 3.23. The Hall–Kier alpha value is -1.80. The van der Waals surface area contributed by atoms with Gasteiger partial charge in [-0.3, -0.25) is 10.6 Å². The normalized spacial score (nSPS) is 10.3. The molecule has 1 aromatic rings. The zero-order valence-electron chi connectivity index (χ0n) is 8.86. The van der Waals surface area contributed by atoms with E-state index in [0.717, 1.165) is 0 Å². The SMILES string of the molecule is COc1cc(Br)cc(/C=N/NC(=N)NO)c1O. The predicted molar refractivity (Wildman–Crippen MR) is 65.7 cm³/mol. The fourth-order valence-corrected chi connectivity index (χ4v) is 1.49. The van der Waals surface area contributed by atoms with Crippen LogP contribution in [0, 0.1) is 5.41 Å². The van der Waals surface area contributed by atoms with Gasteiger partial charge in [-0.05, 0) is 12.1 Å². The number of phenols is 1. The topological polar surface area (TPSA) is 110 Å². The highest BCUT2D eigenvalue weighted by atomic mass is 79.9. The van der Waals surface area contributed by atoms with E-state index in [1.165, 1.54) is 13.3 Å². The summed E-state index contributed by atoms with van der Waals surface area (Å²) in [5.41, 5.74) is 4.15. The van der Waals surface area contributed by atoms with Gasteiger partial charge in [0, 0.05) is 10.0 Å². The number of rotatable bonds is 3. The Labute approximate surface area is 106 Å². The third-order valence-electron chi connectivity index (χ3n) is 1.78. The molecule has 0 saturated carbocycles. The first-order valence-corrected chi connectivity index (χ1v) is 5.22. The lowest BCUT2D eigenvalue weighted by Gasteiger charge is -2.06. The fourth-order valence-electron chi connectivity index (χ4n) is 1.04. The van der Waals surface area contributed by atoms with Crippen molar-refractivity contribution < 1.29 is 15.1 Å². The van der Waals surface area contributed by atoms with Crippen LogP contribution in [0.15, 0.2) is 21.7 Å². The summed E-state index contributed by atoms with van der Waals surface area (Å²) in [5, 5.41) is 28.7. The van der Waals surface area contributed by atoms with Crippen molar-refractivity contribution in [3.63, 3.8) is 0 Å². The molecule has 0 aromatic heterocycles. The largest absolute Gasteiger partial charge is 0.504 e. The van der Waals surface area contributed by atoms with Gasteiger partial charge in [0.05, 0.1) is 13.3 Å². The molecule has 0 aliphatic rings. The van der Waals surface area contributed by atoms with Crippen LogP contribution < -0.4 is 15.6 Å².